The quantitative estimate of drug-likeness (QED) is 0.370. The van der Waals surface area contributed by atoms with Crippen LogP contribution >= 0.6 is 0 Å². The maximum Gasteiger partial charge on any atom is 0.341 e. The zero-order chi connectivity index (χ0) is 23.9. The van der Waals surface area contributed by atoms with Crippen molar-refractivity contribution in [2.45, 2.75) is 58.6 Å². The van der Waals surface area contributed by atoms with E-state index >= 15 is 0 Å². The zero-order valence-electron chi connectivity index (χ0n) is 20.0. The summed E-state index contributed by atoms with van der Waals surface area (Å²) in [6, 6.07) is 20.2. The summed E-state index contributed by atoms with van der Waals surface area (Å²) in [4.78, 5) is 10.9. The summed E-state index contributed by atoms with van der Waals surface area (Å²) in [6.45, 7) is 4.53. The molecule has 0 unspecified atom stereocenters. The molecule has 0 saturated heterocycles. The summed E-state index contributed by atoms with van der Waals surface area (Å²) in [5, 5.41) is 12.3. The van der Waals surface area contributed by atoms with Crippen LogP contribution in [-0.4, -0.2) is 23.8 Å². The molecule has 34 heavy (non-hydrogen) atoms. The zero-order valence-corrected chi connectivity index (χ0v) is 20.0. The van der Waals surface area contributed by atoms with Crippen LogP contribution in [0.15, 0.2) is 60.7 Å². The van der Waals surface area contributed by atoms with Crippen LogP contribution in [0.1, 0.15) is 48.8 Å². The number of aryl methyl sites for hydroxylation is 2. The SMILES string of the molecule is Cc1cc(OC2CCCCC2)cc(C)c1-c1cccc(CNc2ccccc2OCC(=O)O)c1. The van der Waals surface area contributed by atoms with E-state index in [-0.39, 0.29) is 6.61 Å². The summed E-state index contributed by atoms with van der Waals surface area (Å²) in [5.74, 6) is 0.506. The molecule has 0 aromatic heterocycles. The molecule has 4 rings (SSSR count). The van der Waals surface area contributed by atoms with Crippen molar-refractivity contribution in [1.29, 1.82) is 0 Å². The predicted molar refractivity (Wildman–Crippen MR) is 136 cm³/mol. The number of para-hydroxylation sites is 2. The molecule has 1 aliphatic rings. The standard InChI is InChI=1S/C29H33NO4/c1-20-15-25(34-24-11-4-3-5-12-24)16-21(2)29(20)23-10-8-9-22(17-23)18-30-26-13-6-7-14-27(26)33-19-28(31)32/h6-10,13-17,24,30H,3-5,11-12,18-19H2,1-2H3,(H,31,32). The number of ether oxygens (including phenoxy) is 2. The first-order valence-corrected chi connectivity index (χ1v) is 12.0. The van der Waals surface area contributed by atoms with Crippen LogP contribution < -0.4 is 14.8 Å². The number of carbonyl (C=O) groups is 1. The highest BCUT2D eigenvalue weighted by Gasteiger charge is 2.16. The molecule has 0 radical (unpaired) electrons. The van der Waals surface area contributed by atoms with Crippen LogP contribution in [-0.2, 0) is 11.3 Å². The lowest BCUT2D eigenvalue weighted by atomic mass is 9.94. The molecular weight excluding hydrogens is 426 g/mol. The van der Waals surface area contributed by atoms with E-state index in [1.165, 1.54) is 41.5 Å². The highest BCUT2D eigenvalue weighted by Crippen LogP contribution is 2.33. The second kappa shape index (κ2) is 11.1. The first kappa shape index (κ1) is 23.7. The molecule has 5 heteroatoms. The summed E-state index contributed by atoms with van der Waals surface area (Å²) in [6.07, 6.45) is 6.49. The van der Waals surface area contributed by atoms with Gasteiger partial charge in [0.05, 0.1) is 11.8 Å². The van der Waals surface area contributed by atoms with Crippen molar-refractivity contribution in [2.75, 3.05) is 11.9 Å². The number of carboxylic acids is 1. The Morgan fingerprint density at radius 3 is 2.44 bits per heavy atom. The fraction of sp³-hybridized carbons (Fsp3) is 0.345. The smallest absolute Gasteiger partial charge is 0.341 e. The molecule has 1 saturated carbocycles. The number of hydrogen-bond donors (Lipinski definition) is 2. The summed E-state index contributed by atoms with van der Waals surface area (Å²) in [5.41, 5.74) is 6.74. The minimum Gasteiger partial charge on any atom is -0.490 e. The Labute approximate surface area is 201 Å². The van der Waals surface area contributed by atoms with Crippen LogP contribution in [0.2, 0.25) is 0 Å². The molecule has 0 bridgehead atoms. The van der Waals surface area contributed by atoms with Crippen molar-refractivity contribution in [3.8, 4) is 22.6 Å². The second-order valence-electron chi connectivity index (χ2n) is 9.04. The largest absolute Gasteiger partial charge is 0.490 e. The van der Waals surface area contributed by atoms with Gasteiger partial charge in [-0.05, 0) is 97.7 Å². The van der Waals surface area contributed by atoms with E-state index in [9.17, 15) is 4.79 Å². The highest BCUT2D eigenvalue weighted by atomic mass is 16.5. The Bertz CT molecular complexity index is 1110. The number of benzene rings is 3. The highest BCUT2D eigenvalue weighted by molar-refractivity contribution is 5.73. The van der Waals surface area contributed by atoms with E-state index in [1.54, 1.807) is 6.07 Å². The molecule has 0 spiro atoms. The van der Waals surface area contributed by atoms with E-state index in [2.05, 4.69) is 55.6 Å². The van der Waals surface area contributed by atoms with Crippen molar-refractivity contribution in [1.82, 2.24) is 0 Å². The van der Waals surface area contributed by atoms with Gasteiger partial charge in [-0.3, -0.25) is 0 Å². The third-order valence-electron chi connectivity index (χ3n) is 6.30. The monoisotopic (exact) mass is 459 g/mol. The molecule has 2 N–H and O–H groups in total. The number of aliphatic carboxylic acids is 1. The predicted octanol–water partition coefficient (Wildman–Crippen LogP) is 6.76. The van der Waals surface area contributed by atoms with Gasteiger partial charge in [0.15, 0.2) is 6.61 Å². The normalized spacial score (nSPS) is 13.9. The second-order valence-corrected chi connectivity index (χ2v) is 9.04. The molecule has 1 aliphatic carbocycles. The van der Waals surface area contributed by atoms with Gasteiger partial charge in [-0.25, -0.2) is 4.79 Å². The Balaban J connectivity index is 1.48. The van der Waals surface area contributed by atoms with E-state index in [0.29, 0.717) is 18.4 Å². The number of rotatable bonds is 9. The topological polar surface area (TPSA) is 67.8 Å². The van der Waals surface area contributed by atoms with Crippen molar-refractivity contribution in [2.24, 2.45) is 0 Å². The number of nitrogens with one attached hydrogen (secondary N) is 1. The van der Waals surface area contributed by atoms with Gasteiger partial charge in [0, 0.05) is 6.54 Å². The first-order valence-electron chi connectivity index (χ1n) is 12.0. The van der Waals surface area contributed by atoms with Gasteiger partial charge in [-0.1, -0.05) is 36.8 Å². The summed E-state index contributed by atoms with van der Waals surface area (Å²) < 4.78 is 11.7. The van der Waals surface area contributed by atoms with Gasteiger partial charge in [-0.15, -0.1) is 0 Å². The lowest BCUT2D eigenvalue weighted by Gasteiger charge is -2.24. The Hall–Kier alpha value is -3.47. The van der Waals surface area contributed by atoms with E-state index in [4.69, 9.17) is 14.6 Å². The Kier molecular flexibility index (Phi) is 7.73. The summed E-state index contributed by atoms with van der Waals surface area (Å²) in [7, 11) is 0. The number of hydrogen-bond acceptors (Lipinski definition) is 4. The van der Waals surface area contributed by atoms with Crippen molar-refractivity contribution < 1.29 is 19.4 Å². The average Bonchev–Trinajstić information content (AvgIpc) is 2.82. The van der Waals surface area contributed by atoms with Gasteiger partial charge in [-0.2, -0.15) is 0 Å². The fourth-order valence-electron chi connectivity index (χ4n) is 4.73. The van der Waals surface area contributed by atoms with Gasteiger partial charge in [0.25, 0.3) is 0 Å². The summed E-state index contributed by atoms with van der Waals surface area (Å²) >= 11 is 0. The molecule has 3 aromatic rings. The molecule has 0 amide bonds. The van der Waals surface area contributed by atoms with Crippen molar-refractivity contribution in [3.63, 3.8) is 0 Å². The maximum atomic E-state index is 10.9. The van der Waals surface area contributed by atoms with Crippen molar-refractivity contribution >= 4 is 11.7 Å². The molecule has 1 fully saturated rings. The van der Waals surface area contributed by atoms with Crippen LogP contribution in [0.3, 0.4) is 0 Å². The fourth-order valence-corrected chi connectivity index (χ4v) is 4.73. The lowest BCUT2D eigenvalue weighted by Crippen LogP contribution is -2.19. The molecule has 0 heterocycles. The third kappa shape index (κ3) is 6.10. The van der Waals surface area contributed by atoms with Gasteiger partial charge >= 0.3 is 5.97 Å². The van der Waals surface area contributed by atoms with Gasteiger partial charge < -0.3 is 19.9 Å². The van der Waals surface area contributed by atoms with Gasteiger partial charge in [0.1, 0.15) is 11.5 Å². The van der Waals surface area contributed by atoms with Crippen molar-refractivity contribution in [3.05, 3.63) is 77.4 Å². The van der Waals surface area contributed by atoms with Crippen LogP contribution in [0.4, 0.5) is 5.69 Å². The lowest BCUT2D eigenvalue weighted by molar-refractivity contribution is -0.139. The Morgan fingerprint density at radius 2 is 1.71 bits per heavy atom. The van der Waals surface area contributed by atoms with Gasteiger partial charge in [0.2, 0.25) is 0 Å². The molecule has 5 nitrogen and oxygen atoms in total. The van der Waals surface area contributed by atoms with Crippen LogP contribution in [0.25, 0.3) is 11.1 Å². The molecule has 0 aliphatic heterocycles. The molecule has 0 atom stereocenters. The average molecular weight is 460 g/mol. The molecular formula is C29H33NO4. The first-order chi connectivity index (χ1) is 16.5. The van der Waals surface area contributed by atoms with E-state index < -0.39 is 5.97 Å². The van der Waals surface area contributed by atoms with Crippen LogP contribution in [0, 0.1) is 13.8 Å². The number of anilines is 1. The van der Waals surface area contributed by atoms with Crippen LogP contribution in [0.5, 0.6) is 11.5 Å². The maximum absolute atomic E-state index is 10.9. The molecule has 178 valence electrons. The Morgan fingerprint density at radius 1 is 0.971 bits per heavy atom. The minimum atomic E-state index is -0.997. The number of carboxylic acid groups (broad SMARTS) is 1. The third-order valence-corrected chi connectivity index (χ3v) is 6.30. The minimum absolute atomic E-state index is 0.343. The van der Waals surface area contributed by atoms with E-state index in [0.717, 1.165) is 29.8 Å². The molecule has 3 aromatic carbocycles. The van der Waals surface area contributed by atoms with E-state index in [1.807, 2.05) is 18.2 Å².